The minimum atomic E-state index is -3.56. The van der Waals surface area contributed by atoms with Crippen molar-refractivity contribution >= 4 is 16.0 Å². The fourth-order valence-electron chi connectivity index (χ4n) is 1.63. The Hall–Kier alpha value is -1.40. The van der Waals surface area contributed by atoms with E-state index < -0.39 is 22.0 Å². The first kappa shape index (κ1) is 12.1. The maximum absolute atomic E-state index is 12.1. The van der Waals surface area contributed by atoms with Crippen molar-refractivity contribution in [3.05, 3.63) is 29.8 Å². The van der Waals surface area contributed by atoms with E-state index in [1.54, 1.807) is 12.1 Å². The molecule has 0 N–H and O–H groups in total. The first-order chi connectivity index (χ1) is 7.96. The van der Waals surface area contributed by atoms with Crippen LogP contribution in [0.1, 0.15) is 5.56 Å². The highest BCUT2D eigenvalue weighted by molar-refractivity contribution is 7.89. The number of methoxy groups -OCH3 is 1. The number of hydrogen-bond donors (Lipinski definition) is 0. The van der Waals surface area contributed by atoms with E-state index in [4.69, 9.17) is 0 Å². The van der Waals surface area contributed by atoms with E-state index in [9.17, 15) is 13.2 Å². The highest BCUT2D eigenvalue weighted by Crippen LogP contribution is 2.29. The van der Waals surface area contributed by atoms with E-state index in [2.05, 4.69) is 4.74 Å². The van der Waals surface area contributed by atoms with Gasteiger partial charge < -0.3 is 4.74 Å². The van der Waals surface area contributed by atoms with Crippen molar-refractivity contribution in [1.29, 1.82) is 0 Å². The van der Waals surface area contributed by atoms with Crippen LogP contribution < -0.4 is 0 Å². The maximum atomic E-state index is 12.1. The third kappa shape index (κ3) is 2.18. The molecule has 0 radical (unpaired) electrons. The Kier molecular flexibility index (Phi) is 2.92. The molecule has 1 aliphatic rings. The van der Waals surface area contributed by atoms with Gasteiger partial charge in [0.2, 0.25) is 10.0 Å². The average molecular weight is 255 g/mol. The predicted octanol–water partition coefficient (Wildman–Crippen LogP) is 0.541. The topological polar surface area (TPSA) is 63.5 Å². The van der Waals surface area contributed by atoms with Crippen molar-refractivity contribution in [3.63, 3.8) is 0 Å². The van der Waals surface area contributed by atoms with Gasteiger partial charge in [-0.1, -0.05) is 12.1 Å². The molecule has 5 nitrogen and oxygen atoms in total. The summed E-state index contributed by atoms with van der Waals surface area (Å²) in [4.78, 5) is 11.4. The number of carbonyl (C=O) groups is 1. The zero-order chi connectivity index (χ0) is 12.6. The minimum absolute atomic E-state index is 0.197. The van der Waals surface area contributed by atoms with Crippen LogP contribution in [0.5, 0.6) is 0 Å². The zero-order valence-corrected chi connectivity index (χ0v) is 10.4. The van der Waals surface area contributed by atoms with E-state index in [0.717, 1.165) is 9.87 Å². The highest BCUT2D eigenvalue weighted by atomic mass is 32.2. The van der Waals surface area contributed by atoms with E-state index in [0.29, 0.717) is 0 Å². The summed E-state index contributed by atoms with van der Waals surface area (Å²) in [6.45, 7) is 2.02. The van der Waals surface area contributed by atoms with E-state index in [-0.39, 0.29) is 11.4 Å². The van der Waals surface area contributed by atoms with Crippen molar-refractivity contribution in [2.75, 3.05) is 13.7 Å². The lowest BCUT2D eigenvalue weighted by atomic mass is 10.2. The van der Waals surface area contributed by atoms with Crippen molar-refractivity contribution in [1.82, 2.24) is 4.31 Å². The molecule has 0 saturated carbocycles. The molecule has 1 aromatic carbocycles. The number of esters is 1. The fourth-order valence-corrected chi connectivity index (χ4v) is 3.24. The van der Waals surface area contributed by atoms with Crippen LogP contribution >= 0.6 is 0 Å². The molecule has 1 heterocycles. The fraction of sp³-hybridized carbons (Fsp3) is 0.364. The average Bonchev–Trinajstić information content (AvgIpc) is 3.08. The molecule has 1 aromatic rings. The third-order valence-electron chi connectivity index (χ3n) is 2.64. The summed E-state index contributed by atoms with van der Waals surface area (Å²) >= 11 is 0. The van der Waals surface area contributed by atoms with E-state index in [1.807, 2.05) is 13.0 Å². The molecular weight excluding hydrogens is 242 g/mol. The molecule has 0 aromatic heterocycles. The van der Waals surface area contributed by atoms with Gasteiger partial charge in [-0.25, -0.2) is 8.42 Å². The van der Waals surface area contributed by atoms with Crippen molar-refractivity contribution in [2.24, 2.45) is 0 Å². The molecule has 0 aliphatic carbocycles. The Balaban J connectivity index is 2.25. The van der Waals surface area contributed by atoms with E-state index in [1.165, 1.54) is 13.2 Å². The quantitative estimate of drug-likeness (QED) is 0.584. The summed E-state index contributed by atoms with van der Waals surface area (Å²) in [7, 11) is -2.31. The normalized spacial score (nSPS) is 23.2. The molecule has 92 valence electrons. The van der Waals surface area contributed by atoms with E-state index >= 15 is 0 Å². The van der Waals surface area contributed by atoms with Crippen molar-refractivity contribution in [3.8, 4) is 0 Å². The predicted molar refractivity (Wildman–Crippen MR) is 60.9 cm³/mol. The highest BCUT2D eigenvalue weighted by Gasteiger charge is 2.50. The van der Waals surface area contributed by atoms with Gasteiger partial charge in [-0.3, -0.25) is 4.79 Å². The third-order valence-corrected chi connectivity index (χ3v) is 4.51. The smallest absolute Gasteiger partial charge is 0.325 e. The second-order valence-electron chi connectivity index (χ2n) is 3.93. The molecular formula is C11H13NO4S. The van der Waals surface area contributed by atoms with Gasteiger partial charge in [0.25, 0.3) is 0 Å². The first-order valence-corrected chi connectivity index (χ1v) is 6.57. The minimum Gasteiger partial charge on any atom is -0.468 e. The lowest BCUT2D eigenvalue weighted by Gasteiger charge is -2.06. The Morgan fingerprint density at radius 3 is 2.76 bits per heavy atom. The van der Waals surface area contributed by atoms with Crippen LogP contribution in [-0.2, 0) is 19.6 Å². The Morgan fingerprint density at radius 2 is 2.18 bits per heavy atom. The van der Waals surface area contributed by atoms with Gasteiger partial charge in [-0.2, -0.15) is 4.31 Å². The van der Waals surface area contributed by atoms with Gasteiger partial charge in [0.05, 0.1) is 12.0 Å². The number of carbonyl (C=O) groups excluding carboxylic acids is 1. The zero-order valence-electron chi connectivity index (χ0n) is 9.58. The van der Waals surface area contributed by atoms with Crippen LogP contribution in [-0.4, -0.2) is 38.4 Å². The van der Waals surface area contributed by atoms with Gasteiger partial charge in [-0.05, 0) is 24.6 Å². The van der Waals surface area contributed by atoms with Gasteiger partial charge in [0, 0.05) is 6.54 Å². The van der Waals surface area contributed by atoms with Gasteiger partial charge in [0.15, 0.2) is 0 Å². The van der Waals surface area contributed by atoms with Crippen LogP contribution in [0.25, 0.3) is 0 Å². The molecule has 2 atom stereocenters. The number of nitrogens with zero attached hydrogens (tertiary/aromatic N) is 1. The number of hydrogen-bond acceptors (Lipinski definition) is 4. The Labute approximate surface area is 100 Å². The largest absolute Gasteiger partial charge is 0.468 e. The van der Waals surface area contributed by atoms with Crippen LogP contribution in [0.3, 0.4) is 0 Å². The molecule has 17 heavy (non-hydrogen) atoms. The molecule has 0 spiro atoms. The second kappa shape index (κ2) is 4.12. The summed E-state index contributed by atoms with van der Waals surface area (Å²) in [5.41, 5.74) is 0.863. The molecule has 0 amide bonds. The van der Waals surface area contributed by atoms with Crippen molar-refractivity contribution in [2.45, 2.75) is 17.9 Å². The first-order valence-electron chi connectivity index (χ1n) is 5.13. The van der Waals surface area contributed by atoms with Gasteiger partial charge in [0.1, 0.15) is 6.04 Å². The van der Waals surface area contributed by atoms with Crippen molar-refractivity contribution < 1.29 is 17.9 Å². The summed E-state index contributed by atoms with van der Waals surface area (Å²) in [6.07, 6.45) is 0. The van der Waals surface area contributed by atoms with Crippen LogP contribution in [0, 0.1) is 6.92 Å². The van der Waals surface area contributed by atoms with Gasteiger partial charge in [-0.15, -0.1) is 0 Å². The Morgan fingerprint density at radius 1 is 1.47 bits per heavy atom. The van der Waals surface area contributed by atoms with Crippen LogP contribution in [0.15, 0.2) is 29.2 Å². The lowest BCUT2D eigenvalue weighted by Crippen LogP contribution is -2.20. The number of aryl methyl sites for hydroxylation is 1. The lowest BCUT2D eigenvalue weighted by molar-refractivity contribution is -0.140. The molecule has 2 rings (SSSR count). The summed E-state index contributed by atoms with van der Waals surface area (Å²) in [5.74, 6) is -0.513. The molecule has 1 aliphatic heterocycles. The monoisotopic (exact) mass is 255 g/mol. The number of rotatable bonds is 3. The number of benzene rings is 1. The maximum Gasteiger partial charge on any atom is 0.325 e. The molecule has 1 saturated heterocycles. The standard InChI is InChI=1S/C11H13NO4S/c1-8-4-3-5-9(6-8)17(14,15)12-7-10(12)11(13)16-2/h3-6,10H,7H2,1-2H3. The Bertz CT molecular complexity index is 552. The SMILES string of the molecule is COC(=O)C1CN1S(=O)(=O)c1cccc(C)c1. The second-order valence-corrected chi connectivity index (χ2v) is 5.82. The van der Waals surface area contributed by atoms with Gasteiger partial charge >= 0.3 is 5.97 Å². The molecule has 2 unspecified atom stereocenters. The summed E-state index contributed by atoms with van der Waals surface area (Å²) in [5, 5.41) is 0. The molecule has 6 heteroatoms. The molecule has 0 bridgehead atoms. The molecule has 1 fully saturated rings. The number of ether oxygens (including phenoxy) is 1. The van der Waals surface area contributed by atoms with Crippen LogP contribution in [0.4, 0.5) is 0 Å². The summed E-state index contributed by atoms with van der Waals surface area (Å²) < 4.78 is 29.8. The number of sulfonamides is 1. The van der Waals surface area contributed by atoms with Crippen LogP contribution in [0.2, 0.25) is 0 Å². The summed E-state index contributed by atoms with van der Waals surface area (Å²) in [6, 6.07) is 5.94.